The minimum atomic E-state index is -1.06. The first kappa shape index (κ1) is 13.6. The third kappa shape index (κ3) is 4.92. The Morgan fingerprint density at radius 3 is 3.06 bits per heavy atom. The van der Waals surface area contributed by atoms with Gasteiger partial charge in [-0.25, -0.2) is 4.79 Å². The van der Waals surface area contributed by atoms with Gasteiger partial charge in [-0.1, -0.05) is 5.21 Å². The fourth-order valence-electron chi connectivity index (χ4n) is 1.28. The number of ether oxygens (including phenoxy) is 1. The summed E-state index contributed by atoms with van der Waals surface area (Å²) >= 11 is 0. The Balaban J connectivity index is 2.23. The van der Waals surface area contributed by atoms with Gasteiger partial charge in [-0.15, -0.1) is 5.10 Å². The highest BCUT2D eigenvalue weighted by atomic mass is 16.5. The van der Waals surface area contributed by atoms with Gasteiger partial charge in [-0.3, -0.25) is 4.68 Å². The molecule has 0 radical (unpaired) electrons. The molecule has 0 amide bonds. The average molecular weight is 242 g/mol. The maximum atomic E-state index is 10.6. The standard InChI is InChI=1S/C10H18N4O3/c1-3-17-7-8(2)11-4-5-14-6-9(10(15)16)12-13-14/h6,8,11H,3-5,7H2,1-2H3,(H,15,16). The molecule has 96 valence electrons. The molecule has 2 N–H and O–H groups in total. The molecule has 1 atom stereocenters. The number of carbonyl (C=O) groups is 1. The molecule has 1 heterocycles. The van der Waals surface area contributed by atoms with E-state index in [9.17, 15) is 4.79 Å². The van der Waals surface area contributed by atoms with Crippen molar-refractivity contribution in [3.63, 3.8) is 0 Å². The van der Waals surface area contributed by atoms with E-state index in [2.05, 4.69) is 15.6 Å². The van der Waals surface area contributed by atoms with E-state index in [1.807, 2.05) is 13.8 Å². The van der Waals surface area contributed by atoms with Gasteiger partial charge in [0, 0.05) is 19.2 Å². The summed E-state index contributed by atoms with van der Waals surface area (Å²) in [5.41, 5.74) is -0.0348. The summed E-state index contributed by atoms with van der Waals surface area (Å²) in [7, 11) is 0. The fraction of sp³-hybridized carbons (Fsp3) is 0.700. The number of aromatic carboxylic acids is 1. The van der Waals surface area contributed by atoms with Gasteiger partial charge in [0.25, 0.3) is 0 Å². The lowest BCUT2D eigenvalue weighted by Gasteiger charge is -2.12. The van der Waals surface area contributed by atoms with E-state index < -0.39 is 5.97 Å². The van der Waals surface area contributed by atoms with Gasteiger partial charge in [0.05, 0.1) is 19.3 Å². The molecule has 0 aromatic carbocycles. The molecule has 1 unspecified atom stereocenters. The predicted octanol–water partition coefficient (Wildman–Crippen LogP) is -0.00910. The van der Waals surface area contributed by atoms with Crippen LogP contribution in [0.25, 0.3) is 0 Å². The highest BCUT2D eigenvalue weighted by Crippen LogP contribution is 1.92. The van der Waals surface area contributed by atoms with Gasteiger partial charge in [0.1, 0.15) is 0 Å². The lowest BCUT2D eigenvalue weighted by molar-refractivity contribution is 0.0690. The second-order valence-corrected chi connectivity index (χ2v) is 3.69. The second kappa shape index (κ2) is 6.97. The van der Waals surface area contributed by atoms with Crippen LogP contribution in [0.2, 0.25) is 0 Å². The van der Waals surface area contributed by atoms with Crippen molar-refractivity contribution in [2.45, 2.75) is 26.4 Å². The third-order valence-corrected chi connectivity index (χ3v) is 2.16. The lowest BCUT2D eigenvalue weighted by atomic mass is 10.3. The molecule has 0 fully saturated rings. The van der Waals surface area contributed by atoms with Crippen LogP contribution in [-0.4, -0.2) is 51.9 Å². The number of hydrogen-bond acceptors (Lipinski definition) is 5. The number of hydrogen-bond donors (Lipinski definition) is 2. The monoisotopic (exact) mass is 242 g/mol. The van der Waals surface area contributed by atoms with E-state index in [1.54, 1.807) is 0 Å². The van der Waals surface area contributed by atoms with Crippen LogP contribution in [0.5, 0.6) is 0 Å². The van der Waals surface area contributed by atoms with E-state index in [1.165, 1.54) is 10.9 Å². The molecule has 1 rings (SSSR count). The number of nitrogens with zero attached hydrogens (tertiary/aromatic N) is 3. The fourth-order valence-corrected chi connectivity index (χ4v) is 1.28. The first-order chi connectivity index (χ1) is 8.13. The van der Waals surface area contributed by atoms with Crippen LogP contribution in [0.1, 0.15) is 24.3 Å². The molecular formula is C10H18N4O3. The first-order valence-corrected chi connectivity index (χ1v) is 5.58. The van der Waals surface area contributed by atoms with Crippen molar-refractivity contribution in [1.82, 2.24) is 20.3 Å². The normalized spacial score (nSPS) is 12.6. The Morgan fingerprint density at radius 2 is 2.47 bits per heavy atom. The number of carboxylic acids is 1. The summed E-state index contributed by atoms with van der Waals surface area (Å²) in [6.45, 7) is 6.62. The van der Waals surface area contributed by atoms with Crippen molar-refractivity contribution >= 4 is 5.97 Å². The second-order valence-electron chi connectivity index (χ2n) is 3.69. The van der Waals surface area contributed by atoms with E-state index in [0.29, 0.717) is 26.3 Å². The van der Waals surface area contributed by atoms with Crippen molar-refractivity contribution in [3.05, 3.63) is 11.9 Å². The Hall–Kier alpha value is -1.47. The Kier molecular flexibility index (Phi) is 5.58. The molecule has 1 aromatic heterocycles. The summed E-state index contributed by atoms with van der Waals surface area (Å²) in [6.07, 6.45) is 1.41. The van der Waals surface area contributed by atoms with E-state index in [-0.39, 0.29) is 11.7 Å². The third-order valence-electron chi connectivity index (χ3n) is 2.16. The molecule has 17 heavy (non-hydrogen) atoms. The quantitative estimate of drug-likeness (QED) is 0.666. The minimum absolute atomic E-state index is 0.0348. The maximum Gasteiger partial charge on any atom is 0.358 e. The molecule has 0 saturated carbocycles. The Bertz CT molecular complexity index is 353. The molecule has 7 nitrogen and oxygen atoms in total. The minimum Gasteiger partial charge on any atom is -0.476 e. The van der Waals surface area contributed by atoms with Crippen LogP contribution >= 0.6 is 0 Å². The number of aromatic nitrogens is 3. The summed E-state index contributed by atoms with van der Waals surface area (Å²) in [5.74, 6) is -1.06. The van der Waals surface area contributed by atoms with Gasteiger partial charge in [0.15, 0.2) is 5.69 Å². The molecule has 0 aliphatic carbocycles. The van der Waals surface area contributed by atoms with E-state index >= 15 is 0 Å². The van der Waals surface area contributed by atoms with Crippen LogP contribution in [0, 0.1) is 0 Å². The molecule has 0 aliphatic heterocycles. The number of nitrogens with one attached hydrogen (secondary N) is 1. The van der Waals surface area contributed by atoms with Crippen LogP contribution in [0.4, 0.5) is 0 Å². The number of rotatable bonds is 8. The van der Waals surface area contributed by atoms with Crippen molar-refractivity contribution < 1.29 is 14.6 Å². The van der Waals surface area contributed by atoms with Gasteiger partial charge in [-0.2, -0.15) is 0 Å². The molecule has 0 aliphatic rings. The average Bonchev–Trinajstić information content (AvgIpc) is 2.75. The summed E-state index contributed by atoms with van der Waals surface area (Å²) in [4.78, 5) is 10.6. The van der Waals surface area contributed by atoms with Crippen molar-refractivity contribution in [2.75, 3.05) is 19.8 Å². The van der Waals surface area contributed by atoms with Crippen LogP contribution < -0.4 is 5.32 Å². The number of carboxylic acid groups (broad SMARTS) is 1. The maximum absolute atomic E-state index is 10.6. The molecule has 1 aromatic rings. The van der Waals surface area contributed by atoms with Gasteiger partial charge >= 0.3 is 5.97 Å². The zero-order valence-corrected chi connectivity index (χ0v) is 10.1. The zero-order chi connectivity index (χ0) is 12.7. The van der Waals surface area contributed by atoms with Gasteiger partial charge in [0.2, 0.25) is 0 Å². The van der Waals surface area contributed by atoms with Crippen LogP contribution in [0.3, 0.4) is 0 Å². The Labute approximate surface area is 99.8 Å². The topological polar surface area (TPSA) is 89.3 Å². The van der Waals surface area contributed by atoms with Crippen molar-refractivity contribution in [2.24, 2.45) is 0 Å². The molecule has 7 heteroatoms. The van der Waals surface area contributed by atoms with Gasteiger partial charge in [-0.05, 0) is 13.8 Å². The lowest BCUT2D eigenvalue weighted by Crippen LogP contribution is -2.33. The SMILES string of the molecule is CCOCC(C)NCCn1cc(C(=O)O)nn1. The predicted molar refractivity (Wildman–Crippen MR) is 60.9 cm³/mol. The summed E-state index contributed by atoms with van der Waals surface area (Å²) in [6, 6.07) is 0.261. The van der Waals surface area contributed by atoms with Crippen LogP contribution in [0.15, 0.2) is 6.20 Å². The van der Waals surface area contributed by atoms with Crippen molar-refractivity contribution in [3.8, 4) is 0 Å². The largest absolute Gasteiger partial charge is 0.476 e. The molecule has 0 saturated heterocycles. The van der Waals surface area contributed by atoms with E-state index in [4.69, 9.17) is 9.84 Å². The molecular weight excluding hydrogens is 224 g/mol. The molecule has 0 bridgehead atoms. The summed E-state index contributed by atoms with van der Waals surface area (Å²) < 4.78 is 6.76. The van der Waals surface area contributed by atoms with Crippen molar-refractivity contribution in [1.29, 1.82) is 0 Å². The zero-order valence-electron chi connectivity index (χ0n) is 10.1. The molecule has 0 spiro atoms. The van der Waals surface area contributed by atoms with E-state index in [0.717, 1.165) is 0 Å². The van der Waals surface area contributed by atoms with Crippen LogP contribution in [-0.2, 0) is 11.3 Å². The first-order valence-electron chi connectivity index (χ1n) is 5.58. The highest BCUT2D eigenvalue weighted by molar-refractivity contribution is 5.84. The van der Waals surface area contributed by atoms with Gasteiger partial charge < -0.3 is 15.2 Å². The Morgan fingerprint density at radius 1 is 1.71 bits per heavy atom. The highest BCUT2D eigenvalue weighted by Gasteiger charge is 2.08. The summed E-state index contributed by atoms with van der Waals surface area (Å²) in [5, 5.41) is 19.1. The smallest absolute Gasteiger partial charge is 0.358 e.